The first-order valence-corrected chi connectivity index (χ1v) is 9.56. The van der Waals surface area contributed by atoms with E-state index in [0.717, 1.165) is 17.7 Å². The summed E-state index contributed by atoms with van der Waals surface area (Å²) in [5.41, 5.74) is 0.234. The van der Waals surface area contributed by atoms with Crippen LogP contribution in [-0.4, -0.2) is 36.2 Å². The maximum absolute atomic E-state index is 13.3. The number of nitrogens with zero attached hydrogens (tertiary/aromatic N) is 1. The van der Waals surface area contributed by atoms with E-state index in [1.165, 1.54) is 13.2 Å². The molecule has 1 fully saturated rings. The zero-order chi connectivity index (χ0) is 21.2. The lowest BCUT2D eigenvalue weighted by Crippen LogP contribution is -2.41. The van der Waals surface area contributed by atoms with Crippen molar-refractivity contribution < 1.29 is 27.8 Å². The summed E-state index contributed by atoms with van der Waals surface area (Å²) in [5, 5.41) is 9.64. The van der Waals surface area contributed by atoms with Crippen molar-refractivity contribution >= 4 is 17.6 Å². The Bertz CT molecular complexity index is 870. The van der Waals surface area contributed by atoms with Crippen LogP contribution in [0.3, 0.4) is 0 Å². The standard InChI is InChI=1S/C21H21ClF3NO3/c1-29-16-7-4-13(5-8-16)19(26-10-2-3-14(12-26)20(27)28)17-11-15(21(23,24)25)6-9-18(17)22/h4-9,11,14,19H,2-3,10,12H2,1H3,(H,27,28). The molecule has 1 heterocycles. The van der Waals surface area contributed by atoms with Gasteiger partial charge in [0.15, 0.2) is 0 Å². The van der Waals surface area contributed by atoms with Crippen molar-refractivity contribution in [2.45, 2.75) is 25.1 Å². The van der Waals surface area contributed by atoms with Gasteiger partial charge in [-0.15, -0.1) is 0 Å². The molecule has 0 bridgehead atoms. The molecule has 8 heteroatoms. The van der Waals surface area contributed by atoms with E-state index in [9.17, 15) is 23.1 Å². The van der Waals surface area contributed by atoms with E-state index in [2.05, 4.69) is 0 Å². The van der Waals surface area contributed by atoms with Crippen molar-refractivity contribution in [3.05, 3.63) is 64.2 Å². The van der Waals surface area contributed by atoms with Crippen LogP contribution in [0.4, 0.5) is 13.2 Å². The van der Waals surface area contributed by atoms with Crippen LogP contribution in [0.5, 0.6) is 5.75 Å². The topological polar surface area (TPSA) is 49.8 Å². The molecule has 2 aromatic rings. The van der Waals surface area contributed by atoms with Crippen LogP contribution in [0.25, 0.3) is 0 Å². The van der Waals surface area contributed by atoms with E-state index in [1.54, 1.807) is 24.3 Å². The monoisotopic (exact) mass is 427 g/mol. The molecule has 1 aliphatic rings. The van der Waals surface area contributed by atoms with Crippen molar-refractivity contribution in [1.29, 1.82) is 0 Å². The number of carbonyl (C=O) groups is 1. The molecule has 0 aliphatic carbocycles. The Balaban J connectivity index is 2.09. The van der Waals surface area contributed by atoms with Crippen LogP contribution >= 0.6 is 11.6 Å². The number of aliphatic carboxylic acids is 1. The molecule has 2 unspecified atom stereocenters. The molecule has 3 rings (SSSR count). The van der Waals surface area contributed by atoms with E-state index < -0.39 is 29.7 Å². The summed E-state index contributed by atoms with van der Waals surface area (Å²) in [6, 6.07) is 9.64. The number of piperidine rings is 1. The predicted molar refractivity (Wildman–Crippen MR) is 103 cm³/mol. The van der Waals surface area contributed by atoms with Crippen molar-refractivity contribution in [1.82, 2.24) is 4.90 Å². The number of carboxylic acids is 1. The number of alkyl halides is 3. The molecule has 0 saturated carbocycles. The zero-order valence-corrected chi connectivity index (χ0v) is 16.5. The molecule has 0 radical (unpaired) electrons. The second-order valence-corrected chi connectivity index (χ2v) is 7.49. The van der Waals surface area contributed by atoms with Gasteiger partial charge in [-0.3, -0.25) is 9.69 Å². The highest BCUT2D eigenvalue weighted by Crippen LogP contribution is 2.40. The van der Waals surface area contributed by atoms with Gasteiger partial charge < -0.3 is 9.84 Å². The second kappa shape index (κ2) is 8.63. The van der Waals surface area contributed by atoms with Gasteiger partial charge in [0.25, 0.3) is 0 Å². The fourth-order valence-corrected chi connectivity index (χ4v) is 3.97. The summed E-state index contributed by atoms with van der Waals surface area (Å²) in [4.78, 5) is 13.4. The number of rotatable bonds is 5. The van der Waals surface area contributed by atoms with Crippen molar-refractivity contribution in [3.63, 3.8) is 0 Å². The third kappa shape index (κ3) is 4.85. The molecule has 0 aromatic heterocycles. The van der Waals surface area contributed by atoms with E-state index in [0.29, 0.717) is 30.7 Å². The summed E-state index contributed by atoms with van der Waals surface area (Å²) < 4.78 is 45.1. The fourth-order valence-electron chi connectivity index (χ4n) is 3.75. The van der Waals surface area contributed by atoms with E-state index in [1.807, 2.05) is 4.90 Å². The smallest absolute Gasteiger partial charge is 0.416 e. The van der Waals surface area contributed by atoms with Crippen LogP contribution in [0.15, 0.2) is 42.5 Å². The molecular formula is C21H21ClF3NO3. The Labute approximate surface area is 171 Å². The highest BCUT2D eigenvalue weighted by molar-refractivity contribution is 6.31. The first kappa shape index (κ1) is 21.5. The Kier molecular flexibility index (Phi) is 6.39. The van der Waals surface area contributed by atoms with Crippen LogP contribution in [0.2, 0.25) is 5.02 Å². The van der Waals surface area contributed by atoms with E-state index in [4.69, 9.17) is 16.3 Å². The SMILES string of the molecule is COc1ccc(C(c2cc(C(F)(F)F)ccc2Cl)N2CCCC(C(=O)O)C2)cc1. The Morgan fingerprint density at radius 1 is 1.24 bits per heavy atom. The fraction of sp³-hybridized carbons (Fsp3) is 0.381. The van der Waals surface area contributed by atoms with Crippen LogP contribution in [0.1, 0.15) is 35.6 Å². The highest BCUT2D eigenvalue weighted by Gasteiger charge is 2.35. The largest absolute Gasteiger partial charge is 0.497 e. The van der Waals surface area contributed by atoms with E-state index in [-0.39, 0.29) is 11.6 Å². The molecule has 156 valence electrons. The molecule has 2 aromatic carbocycles. The average Bonchev–Trinajstić information content (AvgIpc) is 2.69. The third-order valence-corrected chi connectivity index (χ3v) is 5.56. The van der Waals surface area contributed by atoms with Gasteiger partial charge in [0, 0.05) is 11.6 Å². The Morgan fingerprint density at radius 3 is 2.52 bits per heavy atom. The minimum absolute atomic E-state index is 0.205. The minimum atomic E-state index is -4.50. The van der Waals surface area contributed by atoms with Gasteiger partial charge in [-0.1, -0.05) is 23.7 Å². The quantitative estimate of drug-likeness (QED) is 0.707. The third-order valence-electron chi connectivity index (χ3n) is 5.22. The van der Waals surface area contributed by atoms with Crippen molar-refractivity contribution in [3.8, 4) is 5.75 Å². The second-order valence-electron chi connectivity index (χ2n) is 7.08. The Morgan fingerprint density at radius 2 is 1.93 bits per heavy atom. The number of hydrogen-bond acceptors (Lipinski definition) is 3. The number of carboxylic acid groups (broad SMARTS) is 1. The van der Waals surface area contributed by atoms with Gasteiger partial charge >= 0.3 is 12.1 Å². The van der Waals surface area contributed by atoms with Crippen LogP contribution in [-0.2, 0) is 11.0 Å². The number of ether oxygens (including phenoxy) is 1. The lowest BCUT2D eigenvalue weighted by molar-refractivity contribution is -0.143. The maximum atomic E-state index is 13.3. The number of halogens is 4. The summed E-state index contributed by atoms with van der Waals surface area (Å²) in [6.45, 7) is 0.797. The lowest BCUT2D eigenvalue weighted by Gasteiger charge is -2.38. The van der Waals surface area contributed by atoms with Crippen molar-refractivity contribution in [2.24, 2.45) is 5.92 Å². The van der Waals surface area contributed by atoms with Gasteiger partial charge in [-0.05, 0) is 60.8 Å². The first-order chi connectivity index (χ1) is 13.7. The summed E-state index contributed by atoms with van der Waals surface area (Å²) >= 11 is 6.33. The zero-order valence-electron chi connectivity index (χ0n) is 15.7. The lowest BCUT2D eigenvalue weighted by atomic mass is 9.90. The molecule has 2 atom stereocenters. The normalized spacial score (nSPS) is 19.0. The molecule has 0 spiro atoms. The molecule has 4 nitrogen and oxygen atoms in total. The van der Waals surface area contributed by atoms with Gasteiger partial charge in [0.2, 0.25) is 0 Å². The van der Waals surface area contributed by atoms with Gasteiger partial charge in [-0.2, -0.15) is 13.2 Å². The predicted octanol–water partition coefficient (Wildman–Crippen LogP) is 5.25. The number of likely N-dealkylation sites (tertiary alicyclic amines) is 1. The van der Waals surface area contributed by atoms with Gasteiger partial charge in [0.1, 0.15) is 5.75 Å². The maximum Gasteiger partial charge on any atom is 0.416 e. The number of benzene rings is 2. The summed E-state index contributed by atoms with van der Waals surface area (Å²) in [5.74, 6) is -0.864. The molecule has 29 heavy (non-hydrogen) atoms. The molecule has 1 N–H and O–H groups in total. The number of hydrogen-bond donors (Lipinski definition) is 1. The van der Waals surface area contributed by atoms with Crippen molar-refractivity contribution in [2.75, 3.05) is 20.2 Å². The minimum Gasteiger partial charge on any atom is -0.497 e. The van der Waals surface area contributed by atoms with Crippen LogP contribution in [0, 0.1) is 5.92 Å². The average molecular weight is 428 g/mol. The first-order valence-electron chi connectivity index (χ1n) is 9.18. The Hall–Kier alpha value is -2.25. The van der Waals surface area contributed by atoms with Crippen LogP contribution < -0.4 is 4.74 Å². The van der Waals surface area contributed by atoms with E-state index >= 15 is 0 Å². The highest BCUT2D eigenvalue weighted by atomic mass is 35.5. The molecule has 0 amide bonds. The molecule has 1 saturated heterocycles. The molecule has 1 aliphatic heterocycles. The molecular weight excluding hydrogens is 407 g/mol. The van der Waals surface area contributed by atoms with Gasteiger partial charge in [0.05, 0.1) is 24.6 Å². The van der Waals surface area contributed by atoms with Gasteiger partial charge in [-0.25, -0.2) is 0 Å². The summed E-state index contributed by atoms with van der Waals surface area (Å²) in [7, 11) is 1.53. The summed E-state index contributed by atoms with van der Waals surface area (Å²) in [6.07, 6.45) is -3.33. The number of methoxy groups -OCH3 is 1.